The first kappa shape index (κ1) is 19.7. The molecule has 3 rings (SSSR count). The van der Waals surface area contributed by atoms with Crippen LogP contribution < -0.4 is 5.73 Å². The summed E-state index contributed by atoms with van der Waals surface area (Å²) in [6.45, 7) is 3.99. The fourth-order valence-corrected chi connectivity index (χ4v) is 3.59. The van der Waals surface area contributed by atoms with Gasteiger partial charge in [-0.1, -0.05) is 31.5 Å². The van der Waals surface area contributed by atoms with Crippen molar-refractivity contribution in [1.29, 1.82) is 0 Å². The maximum atomic E-state index is 13.8. The highest BCUT2D eigenvalue weighted by atomic mass is 19.2. The lowest BCUT2D eigenvalue weighted by molar-refractivity contribution is 0.1000. The van der Waals surface area contributed by atoms with E-state index in [1.54, 1.807) is 19.1 Å². The van der Waals surface area contributed by atoms with E-state index >= 15 is 0 Å². The van der Waals surface area contributed by atoms with Crippen molar-refractivity contribution in [2.24, 2.45) is 5.73 Å². The van der Waals surface area contributed by atoms with E-state index < -0.39 is 23.4 Å². The van der Waals surface area contributed by atoms with Crippen molar-refractivity contribution >= 4 is 5.91 Å². The van der Waals surface area contributed by atoms with Crippen LogP contribution in [0.25, 0.3) is 11.1 Å². The maximum absolute atomic E-state index is 13.8. The average Bonchev–Trinajstić information content (AvgIpc) is 2.91. The van der Waals surface area contributed by atoms with Gasteiger partial charge in [-0.2, -0.15) is 0 Å². The normalized spacial score (nSPS) is 11.0. The van der Waals surface area contributed by atoms with Crippen LogP contribution in [0.1, 0.15) is 40.7 Å². The summed E-state index contributed by atoms with van der Waals surface area (Å²) < 4.78 is 42.6. The first-order valence-electron chi connectivity index (χ1n) is 9.05. The topological polar surface area (TPSA) is 48.0 Å². The number of amides is 1. The zero-order valence-electron chi connectivity index (χ0n) is 15.7. The number of aromatic nitrogens is 1. The second kappa shape index (κ2) is 7.92. The van der Waals surface area contributed by atoms with E-state index in [9.17, 15) is 18.0 Å². The SMILES string of the molecule is CCCc1c(-c2cccc(F)c2)c(C(N)=O)c(C)n1Cc1ccc(F)c(F)c1. The number of halogens is 3. The van der Waals surface area contributed by atoms with Gasteiger partial charge in [0.25, 0.3) is 5.91 Å². The molecule has 0 bridgehead atoms. The molecule has 146 valence electrons. The van der Waals surface area contributed by atoms with Gasteiger partial charge in [-0.25, -0.2) is 13.2 Å². The monoisotopic (exact) mass is 386 g/mol. The Balaban J connectivity index is 2.23. The minimum absolute atomic E-state index is 0.244. The predicted molar refractivity (Wildman–Crippen MR) is 103 cm³/mol. The molecule has 0 aliphatic carbocycles. The molecule has 0 spiro atoms. The second-order valence-electron chi connectivity index (χ2n) is 6.74. The van der Waals surface area contributed by atoms with Crippen LogP contribution in [0.4, 0.5) is 13.2 Å². The van der Waals surface area contributed by atoms with Crippen LogP contribution in [-0.4, -0.2) is 10.5 Å². The Kier molecular flexibility index (Phi) is 5.58. The van der Waals surface area contributed by atoms with Crippen LogP contribution in [-0.2, 0) is 13.0 Å². The molecule has 28 heavy (non-hydrogen) atoms. The predicted octanol–water partition coefficient (Wildman–Crippen LogP) is 4.98. The Labute approximate surface area is 161 Å². The molecule has 1 amide bonds. The van der Waals surface area contributed by atoms with E-state index in [1.807, 2.05) is 11.5 Å². The molecule has 0 atom stereocenters. The van der Waals surface area contributed by atoms with Gasteiger partial charge < -0.3 is 10.3 Å². The Morgan fingerprint density at radius 3 is 2.43 bits per heavy atom. The summed E-state index contributed by atoms with van der Waals surface area (Å²) in [6, 6.07) is 9.71. The molecule has 2 aromatic carbocycles. The van der Waals surface area contributed by atoms with Gasteiger partial charge in [0.05, 0.1) is 5.56 Å². The van der Waals surface area contributed by atoms with Crippen LogP contribution in [0.15, 0.2) is 42.5 Å². The van der Waals surface area contributed by atoms with Gasteiger partial charge in [0.1, 0.15) is 5.82 Å². The van der Waals surface area contributed by atoms with Gasteiger partial charge >= 0.3 is 0 Å². The van der Waals surface area contributed by atoms with Crippen LogP contribution in [0.2, 0.25) is 0 Å². The third kappa shape index (κ3) is 3.67. The van der Waals surface area contributed by atoms with Crippen LogP contribution >= 0.6 is 0 Å². The molecule has 0 aliphatic rings. The quantitative estimate of drug-likeness (QED) is 0.638. The van der Waals surface area contributed by atoms with Crippen molar-refractivity contribution in [3.63, 3.8) is 0 Å². The molecule has 0 saturated carbocycles. The van der Waals surface area contributed by atoms with Gasteiger partial charge in [-0.05, 0) is 48.7 Å². The lowest BCUT2D eigenvalue weighted by Crippen LogP contribution is -2.13. The van der Waals surface area contributed by atoms with Crippen LogP contribution in [0.3, 0.4) is 0 Å². The van der Waals surface area contributed by atoms with Gasteiger partial charge in [0.15, 0.2) is 11.6 Å². The largest absolute Gasteiger partial charge is 0.366 e. The molecule has 6 heteroatoms. The molecule has 0 aliphatic heterocycles. The van der Waals surface area contributed by atoms with E-state index in [0.717, 1.165) is 24.2 Å². The third-order valence-corrected chi connectivity index (χ3v) is 4.80. The first-order valence-corrected chi connectivity index (χ1v) is 9.05. The number of nitrogens with two attached hydrogens (primary N) is 1. The lowest BCUT2D eigenvalue weighted by Gasteiger charge is -2.13. The van der Waals surface area contributed by atoms with Crippen molar-refractivity contribution in [3.05, 3.63) is 82.4 Å². The summed E-state index contributed by atoms with van der Waals surface area (Å²) in [7, 11) is 0. The molecule has 1 heterocycles. The summed E-state index contributed by atoms with van der Waals surface area (Å²) in [5, 5.41) is 0. The summed E-state index contributed by atoms with van der Waals surface area (Å²) >= 11 is 0. The zero-order chi connectivity index (χ0) is 20.4. The molecule has 0 radical (unpaired) electrons. The van der Waals surface area contributed by atoms with Crippen molar-refractivity contribution in [2.45, 2.75) is 33.2 Å². The molecule has 3 aromatic rings. The molecular formula is C22H21F3N2O. The van der Waals surface area contributed by atoms with Gasteiger partial charge in [0.2, 0.25) is 0 Å². The van der Waals surface area contributed by atoms with Crippen molar-refractivity contribution in [3.8, 4) is 11.1 Å². The summed E-state index contributed by atoms with van der Waals surface area (Å²) in [5.41, 5.74) is 9.09. The number of carbonyl (C=O) groups excluding carboxylic acids is 1. The number of rotatable bonds is 6. The smallest absolute Gasteiger partial charge is 0.251 e. The van der Waals surface area contributed by atoms with E-state index in [1.165, 1.54) is 18.2 Å². The Morgan fingerprint density at radius 1 is 1.07 bits per heavy atom. The minimum atomic E-state index is -0.931. The van der Waals surface area contributed by atoms with Gasteiger partial charge in [0, 0.05) is 23.5 Å². The van der Waals surface area contributed by atoms with E-state index in [-0.39, 0.29) is 6.54 Å². The van der Waals surface area contributed by atoms with E-state index in [4.69, 9.17) is 5.73 Å². The molecular weight excluding hydrogens is 365 g/mol. The summed E-state index contributed by atoms with van der Waals surface area (Å²) in [4.78, 5) is 12.2. The van der Waals surface area contributed by atoms with Gasteiger partial charge in [-0.3, -0.25) is 4.79 Å². The number of hydrogen-bond donors (Lipinski definition) is 1. The van der Waals surface area contributed by atoms with Gasteiger partial charge in [-0.15, -0.1) is 0 Å². The number of benzene rings is 2. The fourth-order valence-electron chi connectivity index (χ4n) is 3.59. The summed E-state index contributed by atoms with van der Waals surface area (Å²) in [5.74, 6) is -2.88. The van der Waals surface area contributed by atoms with Crippen molar-refractivity contribution in [1.82, 2.24) is 4.57 Å². The number of primary amides is 1. The highest BCUT2D eigenvalue weighted by Crippen LogP contribution is 2.34. The molecule has 0 unspecified atom stereocenters. The molecule has 2 N–H and O–H groups in total. The molecule has 1 aromatic heterocycles. The molecule has 3 nitrogen and oxygen atoms in total. The third-order valence-electron chi connectivity index (χ3n) is 4.80. The highest BCUT2D eigenvalue weighted by Gasteiger charge is 2.24. The molecule has 0 fully saturated rings. The fraction of sp³-hybridized carbons (Fsp3) is 0.227. The van der Waals surface area contributed by atoms with Crippen LogP contribution in [0, 0.1) is 24.4 Å². The van der Waals surface area contributed by atoms with E-state index in [0.29, 0.717) is 34.4 Å². The maximum Gasteiger partial charge on any atom is 0.251 e. The van der Waals surface area contributed by atoms with Crippen LogP contribution in [0.5, 0.6) is 0 Å². The second-order valence-corrected chi connectivity index (χ2v) is 6.74. The Morgan fingerprint density at radius 2 is 1.82 bits per heavy atom. The number of hydrogen-bond acceptors (Lipinski definition) is 1. The zero-order valence-corrected chi connectivity index (χ0v) is 15.7. The molecule has 0 saturated heterocycles. The minimum Gasteiger partial charge on any atom is -0.366 e. The summed E-state index contributed by atoms with van der Waals surface area (Å²) in [6.07, 6.45) is 1.39. The van der Waals surface area contributed by atoms with E-state index in [2.05, 4.69) is 0 Å². The lowest BCUT2D eigenvalue weighted by atomic mass is 9.98. The highest BCUT2D eigenvalue weighted by molar-refractivity contribution is 6.02. The Hall–Kier alpha value is -3.02. The number of carbonyl (C=O) groups is 1. The van der Waals surface area contributed by atoms with Crippen molar-refractivity contribution < 1.29 is 18.0 Å². The Bertz CT molecular complexity index is 1040. The van der Waals surface area contributed by atoms with Crippen molar-refractivity contribution in [2.75, 3.05) is 0 Å². The first-order chi connectivity index (χ1) is 13.3. The average molecular weight is 386 g/mol. The standard InChI is InChI=1S/C22H21F3N2O/c1-3-5-19-21(15-6-4-7-16(23)11-15)20(22(26)28)13(2)27(19)12-14-8-9-17(24)18(25)10-14/h4,6-11H,3,5,12H2,1-2H3,(H2,26,28). The number of nitrogens with zero attached hydrogens (tertiary/aromatic N) is 1.